The molecular formula is C16H21NO5S. The van der Waals surface area contributed by atoms with Gasteiger partial charge < -0.3 is 10.0 Å². The number of likely N-dealkylation sites (tertiary alicyclic amines) is 1. The number of piperidine rings is 1. The predicted molar refractivity (Wildman–Crippen MR) is 84.8 cm³/mol. The minimum absolute atomic E-state index is 0.110. The maximum absolute atomic E-state index is 12.5. The van der Waals surface area contributed by atoms with E-state index in [0.29, 0.717) is 18.5 Å². The van der Waals surface area contributed by atoms with Crippen molar-refractivity contribution in [2.45, 2.75) is 37.1 Å². The van der Waals surface area contributed by atoms with Crippen LogP contribution < -0.4 is 0 Å². The van der Waals surface area contributed by atoms with Gasteiger partial charge in [0.05, 0.1) is 11.3 Å². The third kappa shape index (κ3) is 4.10. The van der Waals surface area contributed by atoms with Crippen molar-refractivity contribution in [3.05, 3.63) is 29.8 Å². The molecule has 6 nitrogen and oxygen atoms in total. The van der Waals surface area contributed by atoms with Crippen molar-refractivity contribution in [3.8, 4) is 0 Å². The van der Waals surface area contributed by atoms with E-state index in [1.165, 1.54) is 11.0 Å². The molecule has 126 valence electrons. The molecule has 1 aromatic rings. The van der Waals surface area contributed by atoms with Gasteiger partial charge in [0.15, 0.2) is 9.84 Å². The van der Waals surface area contributed by atoms with Crippen molar-refractivity contribution in [2.24, 2.45) is 5.92 Å². The molecule has 0 bridgehead atoms. The van der Waals surface area contributed by atoms with Crippen LogP contribution in [0.15, 0.2) is 29.2 Å². The molecule has 0 radical (unpaired) electrons. The lowest BCUT2D eigenvalue weighted by Crippen LogP contribution is -2.50. The number of benzene rings is 1. The largest absolute Gasteiger partial charge is 0.480 e. The zero-order valence-corrected chi connectivity index (χ0v) is 14.0. The maximum atomic E-state index is 12.5. The average Bonchev–Trinajstić information content (AvgIpc) is 2.46. The molecular weight excluding hydrogens is 318 g/mol. The van der Waals surface area contributed by atoms with Crippen LogP contribution in [0.1, 0.15) is 25.3 Å². The minimum atomic E-state index is -3.44. The van der Waals surface area contributed by atoms with Crippen LogP contribution in [-0.4, -0.2) is 49.1 Å². The summed E-state index contributed by atoms with van der Waals surface area (Å²) in [5.74, 6) is -1.11. The van der Waals surface area contributed by atoms with E-state index in [0.717, 1.165) is 12.7 Å². The van der Waals surface area contributed by atoms with Gasteiger partial charge in [-0.15, -0.1) is 0 Å². The molecule has 1 saturated heterocycles. The van der Waals surface area contributed by atoms with Crippen molar-refractivity contribution in [1.29, 1.82) is 0 Å². The number of hydrogen-bond donors (Lipinski definition) is 1. The number of carbonyl (C=O) groups excluding carboxylic acids is 1. The van der Waals surface area contributed by atoms with E-state index in [1.54, 1.807) is 18.2 Å². The molecule has 2 rings (SSSR count). The van der Waals surface area contributed by atoms with Crippen LogP contribution in [0.2, 0.25) is 0 Å². The smallest absolute Gasteiger partial charge is 0.326 e. The van der Waals surface area contributed by atoms with Gasteiger partial charge in [0, 0.05) is 12.8 Å². The monoisotopic (exact) mass is 339 g/mol. The molecule has 1 heterocycles. The quantitative estimate of drug-likeness (QED) is 0.894. The number of carboxylic acids is 1. The first-order valence-electron chi connectivity index (χ1n) is 7.50. The molecule has 1 aliphatic heterocycles. The van der Waals surface area contributed by atoms with Crippen LogP contribution in [0.5, 0.6) is 0 Å². The zero-order chi connectivity index (χ0) is 17.2. The van der Waals surface area contributed by atoms with Crippen molar-refractivity contribution in [2.75, 3.05) is 12.8 Å². The number of aliphatic carboxylic acids is 1. The van der Waals surface area contributed by atoms with Crippen molar-refractivity contribution < 1.29 is 23.1 Å². The molecule has 1 amide bonds. The lowest BCUT2D eigenvalue weighted by Gasteiger charge is -2.36. The van der Waals surface area contributed by atoms with Gasteiger partial charge in [-0.1, -0.05) is 25.1 Å². The number of carboxylic acid groups (broad SMARTS) is 1. The number of amides is 1. The summed E-state index contributed by atoms with van der Waals surface area (Å²) in [7, 11) is -3.44. The topological polar surface area (TPSA) is 91.8 Å². The molecule has 1 fully saturated rings. The van der Waals surface area contributed by atoms with E-state index in [4.69, 9.17) is 0 Å². The van der Waals surface area contributed by atoms with Crippen LogP contribution in [0.25, 0.3) is 0 Å². The predicted octanol–water partition coefficient (Wildman–Crippen LogP) is 1.34. The van der Waals surface area contributed by atoms with E-state index >= 15 is 0 Å². The summed E-state index contributed by atoms with van der Waals surface area (Å²) in [6.07, 6.45) is 2.17. The van der Waals surface area contributed by atoms with Crippen molar-refractivity contribution >= 4 is 21.7 Å². The third-order valence-corrected chi connectivity index (χ3v) is 5.38. The molecule has 1 aromatic carbocycles. The van der Waals surface area contributed by atoms with E-state index in [1.807, 2.05) is 6.92 Å². The molecule has 2 atom stereocenters. The van der Waals surface area contributed by atoms with E-state index in [9.17, 15) is 23.1 Å². The number of rotatable bonds is 4. The number of hydrogen-bond acceptors (Lipinski definition) is 4. The fourth-order valence-corrected chi connectivity index (χ4v) is 3.89. The number of nitrogens with zero attached hydrogens (tertiary/aromatic N) is 1. The highest BCUT2D eigenvalue weighted by Gasteiger charge is 2.34. The highest BCUT2D eigenvalue weighted by Crippen LogP contribution is 2.24. The molecule has 2 unspecified atom stereocenters. The fraction of sp³-hybridized carbons (Fsp3) is 0.500. The minimum Gasteiger partial charge on any atom is -0.480 e. The van der Waals surface area contributed by atoms with Crippen molar-refractivity contribution in [3.63, 3.8) is 0 Å². The highest BCUT2D eigenvalue weighted by molar-refractivity contribution is 7.90. The lowest BCUT2D eigenvalue weighted by atomic mass is 9.92. The van der Waals surface area contributed by atoms with Gasteiger partial charge in [-0.25, -0.2) is 13.2 Å². The molecule has 23 heavy (non-hydrogen) atoms. The zero-order valence-electron chi connectivity index (χ0n) is 13.2. The first kappa shape index (κ1) is 17.5. The van der Waals surface area contributed by atoms with Crippen LogP contribution in [0.4, 0.5) is 0 Å². The Balaban J connectivity index is 2.24. The number of sulfone groups is 1. The Kier molecular flexibility index (Phi) is 5.09. The second kappa shape index (κ2) is 6.70. The Morgan fingerprint density at radius 2 is 1.96 bits per heavy atom. The van der Waals surface area contributed by atoms with Gasteiger partial charge in [0.25, 0.3) is 0 Å². The molecule has 0 spiro atoms. The Morgan fingerprint density at radius 1 is 1.30 bits per heavy atom. The van der Waals surface area contributed by atoms with Crippen LogP contribution >= 0.6 is 0 Å². The van der Waals surface area contributed by atoms with Crippen molar-refractivity contribution in [1.82, 2.24) is 4.90 Å². The highest BCUT2D eigenvalue weighted by atomic mass is 32.2. The molecule has 0 saturated carbocycles. The summed E-state index contributed by atoms with van der Waals surface area (Å²) in [5, 5.41) is 9.34. The van der Waals surface area contributed by atoms with Gasteiger partial charge in [0.2, 0.25) is 5.91 Å². The van der Waals surface area contributed by atoms with Gasteiger partial charge in [0.1, 0.15) is 6.04 Å². The summed E-state index contributed by atoms with van der Waals surface area (Å²) >= 11 is 0. The molecule has 1 N–H and O–H groups in total. The van der Waals surface area contributed by atoms with Gasteiger partial charge in [-0.2, -0.15) is 0 Å². The molecule has 7 heteroatoms. The van der Waals surface area contributed by atoms with E-state index in [2.05, 4.69) is 0 Å². The SMILES string of the molecule is CC1CCN(C(=O)Cc2ccccc2S(C)(=O)=O)C(C(=O)O)C1. The van der Waals surface area contributed by atoms with Gasteiger partial charge >= 0.3 is 5.97 Å². The summed E-state index contributed by atoms with van der Waals surface area (Å²) in [4.78, 5) is 25.4. The second-order valence-electron chi connectivity index (χ2n) is 6.13. The average molecular weight is 339 g/mol. The second-order valence-corrected chi connectivity index (χ2v) is 8.11. The lowest BCUT2D eigenvalue weighted by molar-refractivity contribution is -0.152. The Hall–Kier alpha value is -1.89. The Labute approximate surface area is 136 Å². The first-order chi connectivity index (χ1) is 10.7. The van der Waals surface area contributed by atoms with E-state index < -0.39 is 21.8 Å². The van der Waals surface area contributed by atoms with E-state index in [-0.39, 0.29) is 23.1 Å². The number of carbonyl (C=O) groups is 2. The van der Waals surface area contributed by atoms with Gasteiger partial charge in [-0.05, 0) is 30.4 Å². The summed E-state index contributed by atoms with van der Waals surface area (Å²) in [5.41, 5.74) is 0.405. The normalized spacial score (nSPS) is 21.9. The first-order valence-corrected chi connectivity index (χ1v) is 9.39. The standard InChI is InChI=1S/C16H21NO5S/c1-11-7-8-17(13(9-11)16(19)20)15(18)10-12-5-3-4-6-14(12)23(2,21)22/h3-6,11,13H,7-10H2,1-2H3,(H,19,20). The molecule has 1 aliphatic rings. The fourth-order valence-electron chi connectivity index (χ4n) is 2.95. The Bertz CT molecular complexity index is 713. The summed E-state index contributed by atoms with van der Waals surface area (Å²) in [6.45, 7) is 2.36. The van der Waals surface area contributed by atoms with Crippen LogP contribution in [-0.2, 0) is 25.8 Å². The molecule has 0 aromatic heterocycles. The summed E-state index contributed by atoms with van der Waals surface area (Å²) < 4.78 is 23.6. The van der Waals surface area contributed by atoms with Crippen LogP contribution in [0.3, 0.4) is 0 Å². The van der Waals surface area contributed by atoms with Crippen LogP contribution in [0, 0.1) is 5.92 Å². The summed E-state index contributed by atoms with van der Waals surface area (Å²) in [6, 6.07) is 5.50. The third-order valence-electron chi connectivity index (χ3n) is 4.18. The maximum Gasteiger partial charge on any atom is 0.326 e. The Morgan fingerprint density at radius 3 is 2.57 bits per heavy atom. The van der Waals surface area contributed by atoms with Gasteiger partial charge in [-0.3, -0.25) is 4.79 Å². The molecule has 0 aliphatic carbocycles.